The lowest BCUT2D eigenvalue weighted by atomic mass is 9.71. The third-order valence-electron chi connectivity index (χ3n) is 3.57. The van der Waals surface area contributed by atoms with Gasteiger partial charge in [0.15, 0.2) is 0 Å². The van der Waals surface area contributed by atoms with E-state index in [-0.39, 0.29) is 12.4 Å². The molecule has 0 radical (unpaired) electrons. The van der Waals surface area contributed by atoms with Crippen molar-refractivity contribution in [1.29, 1.82) is 0 Å². The fraction of sp³-hybridized carbons (Fsp3) is 1.00. The van der Waals surface area contributed by atoms with Crippen LogP contribution in [-0.2, 0) is 0 Å². The zero-order valence-electron chi connectivity index (χ0n) is 8.81. The third kappa shape index (κ3) is 2.60. The summed E-state index contributed by atoms with van der Waals surface area (Å²) >= 11 is 0. The van der Waals surface area contributed by atoms with E-state index >= 15 is 0 Å². The van der Waals surface area contributed by atoms with Crippen molar-refractivity contribution >= 4 is 12.4 Å². The number of halogens is 1. The number of fused-ring (bicyclic) bond motifs is 1. The summed E-state index contributed by atoms with van der Waals surface area (Å²) in [7, 11) is 0. The second-order valence-electron chi connectivity index (χ2n) is 5.40. The lowest BCUT2D eigenvalue weighted by Gasteiger charge is -2.44. The Kier molecular flexibility index (Phi) is 3.64. The SMILES string of the molecule is CC1(C)CNC2CCCCC2C1.Cl. The Morgan fingerprint density at radius 3 is 2.62 bits per heavy atom. The Hall–Kier alpha value is 0.250. The lowest BCUT2D eigenvalue weighted by Crippen LogP contribution is -2.50. The fourth-order valence-electron chi connectivity index (χ4n) is 2.91. The Bertz CT molecular complexity index is 167. The predicted molar refractivity (Wildman–Crippen MR) is 59.4 cm³/mol. The number of nitrogens with one attached hydrogen (secondary N) is 1. The minimum Gasteiger partial charge on any atom is -0.313 e. The second-order valence-corrected chi connectivity index (χ2v) is 5.40. The first-order valence-electron chi connectivity index (χ1n) is 5.41. The topological polar surface area (TPSA) is 12.0 Å². The van der Waals surface area contributed by atoms with E-state index in [1.807, 2.05) is 0 Å². The smallest absolute Gasteiger partial charge is 0.00957 e. The first-order chi connectivity index (χ1) is 5.67. The van der Waals surface area contributed by atoms with Crippen LogP contribution in [0.1, 0.15) is 46.0 Å². The molecule has 0 amide bonds. The number of hydrogen-bond acceptors (Lipinski definition) is 1. The maximum absolute atomic E-state index is 3.71. The van der Waals surface area contributed by atoms with Crippen LogP contribution in [0.2, 0.25) is 0 Å². The van der Waals surface area contributed by atoms with Crippen LogP contribution in [0.25, 0.3) is 0 Å². The highest BCUT2D eigenvalue weighted by Crippen LogP contribution is 2.37. The molecule has 1 saturated heterocycles. The second kappa shape index (κ2) is 4.18. The molecule has 0 spiro atoms. The van der Waals surface area contributed by atoms with Crippen molar-refractivity contribution < 1.29 is 0 Å². The Morgan fingerprint density at radius 1 is 1.15 bits per heavy atom. The van der Waals surface area contributed by atoms with Gasteiger partial charge in [-0.1, -0.05) is 26.7 Å². The first kappa shape index (κ1) is 11.3. The average Bonchev–Trinajstić information content (AvgIpc) is 2.02. The molecular weight excluding hydrogens is 182 g/mol. The zero-order chi connectivity index (χ0) is 8.60. The molecule has 1 aliphatic carbocycles. The summed E-state index contributed by atoms with van der Waals surface area (Å²) in [4.78, 5) is 0. The van der Waals surface area contributed by atoms with E-state index in [2.05, 4.69) is 19.2 Å². The van der Waals surface area contributed by atoms with Crippen molar-refractivity contribution in [3.63, 3.8) is 0 Å². The van der Waals surface area contributed by atoms with Gasteiger partial charge in [0.1, 0.15) is 0 Å². The summed E-state index contributed by atoms with van der Waals surface area (Å²) in [6.45, 7) is 6.02. The van der Waals surface area contributed by atoms with Gasteiger partial charge >= 0.3 is 0 Å². The highest BCUT2D eigenvalue weighted by molar-refractivity contribution is 5.85. The summed E-state index contributed by atoms with van der Waals surface area (Å²) < 4.78 is 0. The molecule has 2 heteroatoms. The van der Waals surface area contributed by atoms with Crippen molar-refractivity contribution in [2.24, 2.45) is 11.3 Å². The van der Waals surface area contributed by atoms with Gasteiger partial charge in [-0.15, -0.1) is 12.4 Å². The molecule has 2 rings (SSSR count). The van der Waals surface area contributed by atoms with Crippen LogP contribution < -0.4 is 5.32 Å². The molecule has 2 unspecified atom stereocenters. The van der Waals surface area contributed by atoms with E-state index in [0.29, 0.717) is 5.41 Å². The molecule has 2 atom stereocenters. The van der Waals surface area contributed by atoms with Crippen LogP contribution in [0.4, 0.5) is 0 Å². The molecule has 1 saturated carbocycles. The molecule has 0 aromatic rings. The maximum Gasteiger partial charge on any atom is 0.00957 e. The molecule has 0 aromatic heterocycles. The highest BCUT2D eigenvalue weighted by Gasteiger charge is 2.35. The van der Waals surface area contributed by atoms with Crippen LogP contribution in [0.5, 0.6) is 0 Å². The molecule has 2 fully saturated rings. The van der Waals surface area contributed by atoms with E-state index in [1.54, 1.807) is 0 Å². The third-order valence-corrected chi connectivity index (χ3v) is 3.57. The molecule has 1 N–H and O–H groups in total. The summed E-state index contributed by atoms with van der Waals surface area (Å²) in [6.07, 6.45) is 7.28. The van der Waals surface area contributed by atoms with Crippen molar-refractivity contribution in [3.8, 4) is 0 Å². The largest absolute Gasteiger partial charge is 0.313 e. The maximum atomic E-state index is 3.71. The first-order valence-corrected chi connectivity index (χ1v) is 5.41. The minimum atomic E-state index is 0. The zero-order valence-corrected chi connectivity index (χ0v) is 9.62. The van der Waals surface area contributed by atoms with Gasteiger partial charge in [-0.05, 0) is 30.6 Å². The van der Waals surface area contributed by atoms with Gasteiger partial charge in [0, 0.05) is 12.6 Å². The van der Waals surface area contributed by atoms with Crippen molar-refractivity contribution in [3.05, 3.63) is 0 Å². The van der Waals surface area contributed by atoms with Gasteiger partial charge in [0.05, 0.1) is 0 Å². The predicted octanol–water partition coefficient (Wildman–Crippen LogP) is 2.99. The number of rotatable bonds is 0. The van der Waals surface area contributed by atoms with Gasteiger partial charge in [-0.2, -0.15) is 0 Å². The normalized spacial score (nSPS) is 37.4. The van der Waals surface area contributed by atoms with Crippen LogP contribution in [0.15, 0.2) is 0 Å². The molecule has 2 aliphatic rings. The van der Waals surface area contributed by atoms with E-state index in [9.17, 15) is 0 Å². The Morgan fingerprint density at radius 2 is 1.85 bits per heavy atom. The number of hydrogen-bond donors (Lipinski definition) is 1. The summed E-state index contributed by atoms with van der Waals surface area (Å²) in [5, 5.41) is 3.71. The Balaban J connectivity index is 0.000000845. The molecule has 0 aromatic carbocycles. The monoisotopic (exact) mass is 203 g/mol. The standard InChI is InChI=1S/C11H21N.ClH/c1-11(2)7-9-5-3-4-6-10(9)12-8-11;/h9-10,12H,3-8H2,1-2H3;1H. The molecule has 1 aliphatic heterocycles. The lowest BCUT2D eigenvalue weighted by molar-refractivity contribution is 0.117. The van der Waals surface area contributed by atoms with Crippen LogP contribution in [-0.4, -0.2) is 12.6 Å². The molecule has 1 heterocycles. The quantitative estimate of drug-likeness (QED) is 0.639. The van der Waals surface area contributed by atoms with Crippen LogP contribution in [0.3, 0.4) is 0 Å². The average molecular weight is 204 g/mol. The van der Waals surface area contributed by atoms with E-state index in [1.165, 1.54) is 38.6 Å². The molecule has 78 valence electrons. The van der Waals surface area contributed by atoms with Crippen molar-refractivity contribution in [1.82, 2.24) is 5.32 Å². The molecule has 1 nitrogen and oxygen atoms in total. The number of piperidine rings is 1. The van der Waals surface area contributed by atoms with Crippen molar-refractivity contribution in [2.75, 3.05) is 6.54 Å². The van der Waals surface area contributed by atoms with Crippen LogP contribution >= 0.6 is 12.4 Å². The van der Waals surface area contributed by atoms with Gasteiger partial charge in [-0.3, -0.25) is 0 Å². The minimum absolute atomic E-state index is 0. The van der Waals surface area contributed by atoms with Gasteiger partial charge < -0.3 is 5.32 Å². The van der Waals surface area contributed by atoms with E-state index in [4.69, 9.17) is 0 Å². The highest BCUT2D eigenvalue weighted by atomic mass is 35.5. The molecular formula is C11H22ClN. The van der Waals surface area contributed by atoms with Crippen LogP contribution in [0, 0.1) is 11.3 Å². The summed E-state index contributed by atoms with van der Waals surface area (Å²) in [5.74, 6) is 0.988. The summed E-state index contributed by atoms with van der Waals surface area (Å²) in [6, 6.07) is 0.867. The Labute approximate surface area is 88.1 Å². The van der Waals surface area contributed by atoms with Gasteiger partial charge in [0.25, 0.3) is 0 Å². The van der Waals surface area contributed by atoms with Crippen molar-refractivity contribution in [2.45, 2.75) is 52.0 Å². The summed E-state index contributed by atoms with van der Waals surface area (Å²) in [5.41, 5.74) is 0.554. The molecule has 0 bridgehead atoms. The van der Waals surface area contributed by atoms with E-state index < -0.39 is 0 Å². The molecule has 13 heavy (non-hydrogen) atoms. The van der Waals surface area contributed by atoms with Gasteiger partial charge in [0.2, 0.25) is 0 Å². The fourth-order valence-corrected chi connectivity index (χ4v) is 2.91. The van der Waals surface area contributed by atoms with Gasteiger partial charge in [-0.25, -0.2) is 0 Å². The van der Waals surface area contributed by atoms with E-state index in [0.717, 1.165) is 12.0 Å².